The molecule has 10 heteroatoms. The number of anilines is 1. The molecule has 0 aliphatic carbocycles. The van der Waals surface area contributed by atoms with Crippen LogP contribution in [-0.4, -0.2) is 74.5 Å². The van der Waals surface area contributed by atoms with Crippen molar-refractivity contribution in [3.05, 3.63) is 59.2 Å². The minimum absolute atomic E-state index is 0.0738. The number of para-hydroxylation sites is 1. The largest absolute Gasteiger partial charge is 0.346 e. The molecule has 9 nitrogen and oxygen atoms in total. The van der Waals surface area contributed by atoms with E-state index in [2.05, 4.69) is 10.6 Å². The fraction of sp³-hybridized carbons (Fsp3) is 0.375. The molecule has 0 radical (unpaired) electrons. The Morgan fingerprint density at radius 2 is 1.53 bits per heavy atom. The van der Waals surface area contributed by atoms with Gasteiger partial charge in [0.05, 0.1) is 18.0 Å². The minimum atomic E-state index is -3.73. The van der Waals surface area contributed by atoms with Crippen molar-refractivity contribution in [2.45, 2.75) is 25.7 Å². The number of carbonyl (C=O) groups is 3. The number of sulfonamides is 1. The van der Waals surface area contributed by atoms with Crippen LogP contribution in [0.2, 0.25) is 0 Å². The van der Waals surface area contributed by atoms with Gasteiger partial charge in [-0.25, -0.2) is 8.42 Å². The summed E-state index contributed by atoms with van der Waals surface area (Å²) in [6.45, 7) is 6.35. The number of ketones is 1. The maximum absolute atomic E-state index is 12.9. The molecule has 0 atom stereocenters. The van der Waals surface area contributed by atoms with Gasteiger partial charge in [-0.15, -0.1) is 0 Å². The number of carbonyl (C=O) groups excluding carboxylic acids is 3. The number of hydrogen-bond acceptors (Lipinski definition) is 6. The first kappa shape index (κ1) is 25.5. The van der Waals surface area contributed by atoms with E-state index in [1.54, 1.807) is 12.1 Å². The minimum Gasteiger partial charge on any atom is -0.346 e. The van der Waals surface area contributed by atoms with Crippen LogP contribution in [0, 0.1) is 13.8 Å². The van der Waals surface area contributed by atoms with Gasteiger partial charge in [0, 0.05) is 37.4 Å². The lowest BCUT2D eigenvalue weighted by Gasteiger charge is -2.33. The van der Waals surface area contributed by atoms with E-state index in [1.165, 1.54) is 23.4 Å². The Balaban J connectivity index is 1.47. The highest BCUT2D eigenvalue weighted by Gasteiger charge is 2.29. The number of rotatable bonds is 8. The number of aryl methyl sites for hydroxylation is 2. The average molecular weight is 487 g/mol. The summed E-state index contributed by atoms with van der Waals surface area (Å²) in [6, 6.07) is 11.7. The second-order valence-electron chi connectivity index (χ2n) is 8.36. The zero-order chi connectivity index (χ0) is 24.9. The molecule has 0 unspecified atom stereocenters. The molecule has 1 aliphatic rings. The zero-order valence-electron chi connectivity index (χ0n) is 19.6. The highest BCUT2D eigenvalue weighted by Crippen LogP contribution is 2.20. The quantitative estimate of drug-likeness (QED) is 0.547. The van der Waals surface area contributed by atoms with Gasteiger partial charge in [-0.3, -0.25) is 19.3 Å². The van der Waals surface area contributed by atoms with E-state index in [0.717, 1.165) is 16.8 Å². The summed E-state index contributed by atoms with van der Waals surface area (Å²) in [5.41, 5.74) is 2.98. The first-order valence-corrected chi connectivity index (χ1v) is 12.5. The normalized spacial score (nSPS) is 15.0. The van der Waals surface area contributed by atoms with E-state index in [1.807, 2.05) is 36.9 Å². The topological polar surface area (TPSA) is 116 Å². The Bertz CT molecular complexity index is 1170. The van der Waals surface area contributed by atoms with Crippen LogP contribution in [0.5, 0.6) is 0 Å². The van der Waals surface area contributed by atoms with Crippen LogP contribution in [0.1, 0.15) is 28.4 Å². The van der Waals surface area contributed by atoms with Gasteiger partial charge in [0.15, 0.2) is 5.78 Å². The van der Waals surface area contributed by atoms with Crippen LogP contribution >= 0.6 is 0 Å². The predicted octanol–water partition coefficient (Wildman–Crippen LogP) is 1.57. The van der Waals surface area contributed by atoms with Crippen LogP contribution in [-0.2, 0) is 19.6 Å². The summed E-state index contributed by atoms with van der Waals surface area (Å²) in [5.74, 6) is -0.813. The van der Waals surface area contributed by atoms with Crippen molar-refractivity contribution in [2.24, 2.45) is 0 Å². The number of amides is 2. The molecular formula is C24H30N4O5S. The Kier molecular flexibility index (Phi) is 8.19. The third-order valence-electron chi connectivity index (χ3n) is 5.77. The second kappa shape index (κ2) is 10.9. The summed E-state index contributed by atoms with van der Waals surface area (Å²) in [4.78, 5) is 38.1. The number of nitrogens with one attached hydrogen (secondary N) is 2. The average Bonchev–Trinajstić information content (AvgIpc) is 2.80. The fourth-order valence-corrected chi connectivity index (χ4v) is 5.25. The van der Waals surface area contributed by atoms with Crippen molar-refractivity contribution >= 4 is 33.3 Å². The molecule has 34 heavy (non-hydrogen) atoms. The monoisotopic (exact) mass is 486 g/mol. The predicted molar refractivity (Wildman–Crippen MR) is 129 cm³/mol. The molecule has 1 fully saturated rings. The maximum Gasteiger partial charge on any atom is 0.243 e. The molecule has 2 N–H and O–H groups in total. The van der Waals surface area contributed by atoms with Gasteiger partial charge in [-0.05, 0) is 44.0 Å². The summed E-state index contributed by atoms with van der Waals surface area (Å²) in [6.07, 6.45) is 0. The Labute approximate surface area is 200 Å². The van der Waals surface area contributed by atoms with E-state index in [-0.39, 0.29) is 48.7 Å². The van der Waals surface area contributed by atoms with Gasteiger partial charge in [0.2, 0.25) is 21.8 Å². The Morgan fingerprint density at radius 1 is 0.912 bits per heavy atom. The molecule has 0 spiro atoms. The molecule has 2 amide bonds. The lowest BCUT2D eigenvalue weighted by molar-refractivity contribution is -0.125. The molecule has 1 aliphatic heterocycles. The van der Waals surface area contributed by atoms with Gasteiger partial charge < -0.3 is 10.6 Å². The third kappa shape index (κ3) is 6.28. The number of piperazine rings is 1. The van der Waals surface area contributed by atoms with Gasteiger partial charge in [0.25, 0.3) is 0 Å². The van der Waals surface area contributed by atoms with Crippen LogP contribution in [0.4, 0.5) is 5.69 Å². The van der Waals surface area contributed by atoms with E-state index in [9.17, 15) is 22.8 Å². The van der Waals surface area contributed by atoms with Crippen molar-refractivity contribution in [3.63, 3.8) is 0 Å². The standard InChI is InChI=1S/C24H30N4O5S/c1-17-6-4-7-18(2)24(17)26-22(30)15-25-23(31)16-27-10-12-28(13-11-27)34(32,33)21-9-5-8-20(14-21)19(3)29/h4-9,14H,10-13,15-16H2,1-3H3,(H,25,31)(H,26,30). The summed E-state index contributed by atoms with van der Waals surface area (Å²) in [7, 11) is -3.73. The molecule has 0 bridgehead atoms. The van der Waals surface area contributed by atoms with Crippen molar-refractivity contribution in [1.29, 1.82) is 0 Å². The molecule has 0 saturated carbocycles. The van der Waals surface area contributed by atoms with Gasteiger partial charge >= 0.3 is 0 Å². The van der Waals surface area contributed by atoms with Crippen molar-refractivity contribution in [3.8, 4) is 0 Å². The molecule has 1 saturated heterocycles. The Morgan fingerprint density at radius 3 is 2.15 bits per heavy atom. The van der Waals surface area contributed by atoms with Gasteiger partial charge in [0.1, 0.15) is 0 Å². The lowest BCUT2D eigenvalue weighted by Crippen LogP contribution is -2.51. The number of benzene rings is 2. The highest BCUT2D eigenvalue weighted by atomic mass is 32.2. The lowest BCUT2D eigenvalue weighted by atomic mass is 10.1. The third-order valence-corrected chi connectivity index (χ3v) is 7.66. The van der Waals surface area contributed by atoms with E-state index < -0.39 is 10.0 Å². The van der Waals surface area contributed by atoms with Crippen LogP contribution in [0.15, 0.2) is 47.4 Å². The molecule has 0 aromatic heterocycles. The fourth-order valence-electron chi connectivity index (χ4n) is 3.79. The summed E-state index contributed by atoms with van der Waals surface area (Å²) < 4.78 is 27.2. The Hall–Kier alpha value is -3.08. The molecule has 1 heterocycles. The first-order valence-electron chi connectivity index (χ1n) is 11.0. The number of nitrogens with zero attached hydrogens (tertiary/aromatic N) is 2. The number of hydrogen-bond donors (Lipinski definition) is 2. The van der Waals surface area contributed by atoms with E-state index >= 15 is 0 Å². The maximum atomic E-state index is 12.9. The van der Waals surface area contributed by atoms with Crippen LogP contribution < -0.4 is 10.6 Å². The first-order chi connectivity index (χ1) is 16.1. The summed E-state index contributed by atoms with van der Waals surface area (Å²) >= 11 is 0. The van der Waals surface area contributed by atoms with Crippen LogP contribution in [0.25, 0.3) is 0 Å². The van der Waals surface area contributed by atoms with E-state index in [4.69, 9.17) is 0 Å². The molecule has 2 aromatic carbocycles. The second-order valence-corrected chi connectivity index (χ2v) is 10.3. The van der Waals surface area contributed by atoms with Gasteiger partial charge in [-0.1, -0.05) is 30.3 Å². The van der Waals surface area contributed by atoms with Crippen LogP contribution in [0.3, 0.4) is 0 Å². The zero-order valence-corrected chi connectivity index (χ0v) is 20.4. The molecule has 3 rings (SSSR count). The number of Topliss-reactive ketones (excluding diaryl/α,β-unsaturated/α-hetero) is 1. The van der Waals surface area contributed by atoms with E-state index in [0.29, 0.717) is 18.7 Å². The SMILES string of the molecule is CC(=O)c1cccc(S(=O)(=O)N2CCN(CC(=O)NCC(=O)Nc3c(C)cccc3C)CC2)c1. The summed E-state index contributed by atoms with van der Waals surface area (Å²) in [5, 5.41) is 5.44. The molecule has 2 aromatic rings. The smallest absolute Gasteiger partial charge is 0.243 e. The van der Waals surface area contributed by atoms with Crippen molar-refractivity contribution in [2.75, 3.05) is 44.6 Å². The van der Waals surface area contributed by atoms with Gasteiger partial charge in [-0.2, -0.15) is 4.31 Å². The molecule has 182 valence electrons. The molecular weight excluding hydrogens is 456 g/mol. The van der Waals surface area contributed by atoms with Crippen molar-refractivity contribution < 1.29 is 22.8 Å². The highest BCUT2D eigenvalue weighted by molar-refractivity contribution is 7.89. The van der Waals surface area contributed by atoms with Crippen molar-refractivity contribution in [1.82, 2.24) is 14.5 Å².